The van der Waals surface area contributed by atoms with Crippen LogP contribution < -0.4 is 0 Å². The third kappa shape index (κ3) is 4.81. The lowest BCUT2D eigenvalue weighted by atomic mass is 10.1. The van der Waals surface area contributed by atoms with Crippen molar-refractivity contribution in [2.45, 2.75) is 0 Å². The van der Waals surface area contributed by atoms with Crippen molar-refractivity contribution in [1.29, 1.82) is 0 Å². The molecule has 0 N–H and O–H groups in total. The quantitative estimate of drug-likeness (QED) is 0.176. The third-order valence-corrected chi connectivity index (χ3v) is 10.4. The summed E-state index contributed by atoms with van der Waals surface area (Å²) in [4.78, 5) is 14.7. The number of benzene rings is 8. The van der Waals surface area contributed by atoms with Gasteiger partial charge in [-0.25, -0.2) is 15.0 Å². The largest absolute Gasteiger partial charge is 0.454 e. The van der Waals surface area contributed by atoms with Crippen LogP contribution in [-0.4, -0.2) is 24.1 Å². The second-order valence-corrected chi connectivity index (χ2v) is 13.7. The zero-order chi connectivity index (χ0) is 46.2. The molecular weight excluding hydrogens is 699 g/mol. The topological polar surface area (TPSA) is 61.7 Å². The van der Waals surface area contributed by atoms with Crippen molar-refractivity contribution in [2.75, 3.05) is 0 Å². The average molecular weight is 740 g/mol. The maximum Gasteiger partial charge on any atom is 0.164 e. The Morgan fingerprint density at radius 1 is 0.421 bits per heavy atom. The maximum atomic E-state index is 9.63. The van der Waals surface area contributed by atoms with Crippen LogP contribution in [0.3, 0.4) is 0 Å². The highest BCUT2D eigenvalue weighted by Crippen LogP contribution is 2.44. The van der Waals surface area contributed by atoms with Crippen molar-refractivity contribution in [2.24, 2.45) is 0 Å². The van der Waals surface area contributed by atoms with Crippen LogP contribution in [0.5, 0.6) is 0 Å². The van der Waals surface area contributed by atoms with Crippen molar-refractivity contribution in [1.82, 2.24) is 24.1 Å². The van der Waals surface area contributed by atoms with Crippen LogP contribution in [0.2, 0.25) is 0 Å². The van der Waals surface area contributed by atoms with Gasteiger partial charge in [0, 0.05) is 54.7 Å². The van der Waals surface area contributed by atoms with E-state index in [1.165, 1.54) is 0 Å². The van der Waals surface area contributed by atoms with E-state index < -0.39 is 42.3 Å². The standard InChI is InChI=1S/C51H31N5O/c1-4-15-32(16-5-1)49-52-50(33-17-6-2-7-18-33)54-51(53-49)34-27-28-38-41-23-14-26-44(48(41)57-45(38)31-34)56-43-25-13-11-22-37(43)40-30-29-39-36-21-10-12-24-42(36)55(46(39)47(40)56)35-19-8-3-9-20-35/h1-31H/i10D,11D,12D,13D,21D,22D,24D,25D,29D,30D. The Labute approximate surface area is 340 Å². The Morgan fingerprint density at radius 2 is 0.965 bits per heavy atom. The molecule has 0 aliphatic heterocycles. The fourth-order valence-corrected chi connectivity index (χ4v) is 7.92. The molecule has 0 fully saturated rings. The lowest BCUT2D eigenvalue weighted by molar-refractivity contribution is 0.666. The highest BCUT2D eigenvalue weighted by Gasteiger charge is 2.23. The van der Waals surface area contributed by atoms with Gasteiger partial charge in [-0.1, -0.05) is 145 Å². The molecule has 12 aromatic rings. The van der Waals surface area contributed by atoms with Crippen LogP contribution in [-0.2, 0) is 0 Å². The normalized spacial score (nSPS) is 14.3. The third-order valence-electron chi connectivity index (χ3n) is 10.4. The van der Waals surface area contributed by atoms with E-state index in [1.54, 1.807) is 51.6 Å². The van der Waals surface area contributed by atoms with Gasteiger partial charge < -0.3 is 13.6 Å². The van der Waals surface area contributed by atoms with Gasteiger partial charge in [-0.05, 0) is 42.4 Å². The number of aromatic nitrogens is 5. The molecule has 6 nitrogen and oxygen atoms in total. The molecule has 266 valence electrons. The summed E-state index contributed by atoms with van der Waals surface area (Å²) in [6, 6.07) is 35.0. The van der Waals surface area contributed by atoms with Gasteiger partial charge in [0.25, 0.3) is 0 Å². The van der Waals surface area contributed by atoms with Crippen molar-refractivity contribution >= 4 is 65.6 Å². The molecule has 0 amide bonds. The van der Waals surface area contributed by atoms with Crippen LogP contribution in [0.4, 0.5) is 0 Å². The van der Waals surface area contributed by atoms with E-state index in [4.69, 9.17) is 24.9 Å². The molecule has 6 heteroatoms. The lowest BCUT2D eigenvalue weighted by Crippen LogP contribution is -2.00. The molecule has 0 radical (unpaired) electrons. The summed E-state index contributed by atoms with van der Waals surface area (Å²) in [7, 11) is 0. The van der Waals surface area contributed by atoms with Gasteiger partial charge in [0.05, 0.1) is 41.5 Å². The van der Waals surface area contributed by atoms with Crippen LogP contribution in [0.15, 0.2) is 192 Å². The fraction of sp³-hybridized carbons (Fsp3) is 0. The summed E-state index contributed by atoms with van der Waals surface area (Å²) >= 11 is 0. The van der Waals surface area contributed by atoms with Crippen molar-refractivity contribution in [3.05, 3.63) is 188 Å². The second kappa shape index (κ2) is 12.3. The van der Waals surface area contributed by atoms with Gasteiger partial charge >= 0.3 is 0 Å². The van der Waals surface area contributed by atoms with E-state index in [-0.39, 0.29) is 61.7 Å². The smallest absolute Gasteiger partial charge is 0.164 e. The molecule has 0 aliphatic carbocycles. The average Bonchev–Trinajstić information content (AvgIpc) is 4.05. The van der Waals surface area contributed by atoms with Crippen LogP contribution >= 0.6 is 0 Å². The Bertz CT molecular complexity index is 4040. The van der Waals surface area contributed by atoms with E-state index in [1.807, 2.05) is 84.9 Å². The van der Waals surface area contributed by atoms with E-state index in [0.29, 0.717) is 51.0 Å². The summed E-state index contributed by atoms with van der Waals surface area (Å²) in [6.07, 6.45) is 0. The minimum absolute atomic E-state index is 0.000463. The van der Waals surface area contributed by atoms with Gasteiger partial charge in [-0.2, -0.15) is 0 Å². The minimum Gasteiger partial charge on any atom is -0.454 e. The molecule has 0 aliphatic rings. The van der Waals surface area contributed by atoms with Gasteiger partial charge in [-0.15, -0.1) is 0 Å². The first kappa shape index (κ1) is 23.2. The second-order valence-electron chi connectivity index (χ2n) is 13.7. The van der Waals surface area contributed by atoms with Crippen LogP contribution in [0, 0.1) is 0 Å². The molecule has 0 atom stereocenters. The summed E-state index contributed by atoms with van der Waals surface area (Å²) in [5.74, 6) is 1.39. The first-order valence-corrected chi connectivity index (χ1v) is 18.3. The number of hydrogen-bond acceptors (Lipinski definition) is 4. The molecule has 0 saturated carbocycles. The first-order chi connectivity index (χ1) is 32.4. The summed E-state index contributed by atoms with van der Waals surface area (Å²) in [5.41, 5.74) is 4.41. The van der Waals surface area contributed by atoms with Gasteiger partial charge in [-0.3, -0.25) is 0 Å². The van der Waals surface area contributed by atoms with E-state index in [0.717, 1.165) is 16.5 Å². The number of hydrogen-bond donors (Lipinski definition) is 0. The van der Waals surface area contributed by atoms with E-state index >= 15 is 0 Å². The minimum atomic E-state index is -0.524. The molecular formula is C51H31N5O. The molecule has 4 aromatic heterocycles. The van der Waals surface area contributed by atoms with Crippen molar-refractivity contribution in [3.8, 4) is 45.5 Å². The number of fused-ring (bicyclic) bond motifs is 10. The maximum absolute atomic E-state index is 9.63. The highest BCUT2D eigenvalue weighted by atomic mass is 16.3. The SMILES string of the molecule is [2H]c1c([2H])c([2H])c2c(c1[2H])c1c([2H])c([2H])c3c4c([2H])c([2H])c([2H])c([2H])c4n(-c4cccc5c4oc4cc(-c6nc(-c7ccccc7)nc(-c7ccccc7)n6)ccc45)c3c1n2-c1ccccc1. The highest BCUT2D eigenvalue weighted by molar-refractivity contribution is 6.24. The van der Waals surface area contributed by atoms with Crippen LogP contribution in [0.25, 0.3) is 111 Å². The van der Waals surface area contributed by atoms with Crippen molar-refractivity contribution < 1.29 is 18.1 Å². The number of nitrogens with zero attached hydrogens (tertiary/aromatic N) is 5. The Balaban J connectivity index is 1.21. The Hall–Kier alpha value is -7.83. The first-order valence-electron chi connectivity index (χ1n) is 23.3. The Morgan fingerprint density at radius 3 is 1.60 bits per heavy atom. The summed E-state index contributed by atoms with van der Waals surface area (Å²) < 4.78 is 102. The van der Waals surface area contributed by atoms with Gasteiger partial charge in [0.1, 0.15) is 5.58 Å². The van der Waals surface area contributed by atoms with Crippen LogP contribution in [0.1, 0.15) is 13.7 Å². The molecule has 0 spiro atoms. The molecule has 0 saturated heterocycles. The molecule has 12 rings (SSSR count). The number of para-hydroxylation sites is 4. The predicted molar refractivity (Wildman–Crippen MR) is 232 cm³/mol. The number of furan rings is 1. The monoisotopic (exact) mass is 739 g/mol. The zero-order valence-corrected chi connectivity index (χ0v) is 29.8. The molecule has 57 heavy (non-hydrogen) atoms. The Kier molecular flexibility index (Phi) is 5.02. The van der Waals surface area contributed by atoms with E-state index in [9.17, 15) is 8.22 Å². The number of rotatable bonds is 5. The molecule has 0 unspecified atom stereocenters. The molecule has 0 bridgehead atoms. The van der Waals surface area contributed by atoms with E-state index in [2.05, 4.69) is 0 Å². The fourth-order valence-electron chi connectivity index (χ4n) is 7.92. The molecule has 4 heterocycles. The summed E-state index contributed by atoms with van der Waals surface area (Å²) in [6.45, 7) is 0. The van der Waals surface area contributed by atoms with Crippen molar-refractivity contribution in [3.63, 3.8) is 0 Å². The molecule has 8 aromatic carbocycles. The summed E-state index contributed by atoms with van der Waals surface area (Å²) in [5, 5.41) is 1.53. The predicted octanol–water partition coefficient (Wildman–Crippen LogP) is 13.0. The zero-order valence-electron chi connectivity index (χ0n) is 39.8. The van der Waals surface area contributed by atoms with Gasteiger partial charge in [0.15, 0.2) is 23.1 Å². The van der Waals surface area contributed by atoms with Gasteiger partial charge in [0.2, 0.25) is 0 Å². The lowest BCUT2D eigenvalue weighted by Gasteiger charge is -2.12.